The van der Waals surface area contributed by atoms with Gasteiger partial charge in [0.25, 0.3) is 0 Å². The van der Waals surface area contributed by atoms with Gasteiger partial charge in [-0.1, -0.05) is 18.2 Å². The summed E-state index contributed by atoms with van der Waals surface area (Å²) in [4.78, 5) is 13.7. The molecule has 4 saturated carbocycles. The third-order valence-electron chi connectivity index (χ3n) is 11.6. The highest BCUT2D eigenvalue weighted by atomic mass is 19.1. The second-order valence-corrected chi connectivity index (χ2v) is 13.3. The lowest BCUT2D eigenvalue weighted by atomic mass is 9.42. The fraction of sp³-hybridized carbons (Fsp3) is 0.767. The molecule has 0 amide bonds. The molecule has 2 aromatic rings. The average molecular weight is 512 g/mol. The molecule has 6 rings (SSSR count). The van der Waals surface area contributed by atoms with E-state index in [4.69, 9.17) is 4.74 Å². The summed E-state index contributed by atoms with van der Waals surface area (Å²) in [5.74, 6) is 2.28. The van der Waals surface area contributed by atoms with Crippen LogP contribution in [0.1, 0.15) is 78.1 Å². The van der Waals surface area contributed by atoms with E-state index < -0.39 is 11.4 Å². The van der Waals surface area contributed by atoms with E-state index >= 15 is 0 Å². The van der Waals surface area contributed by atoms with Crippen molar-refractivity contribution in [1.29, 1.82) is 0 Å². The standard InChI is InChI=1S/C30H42FN3O3/c1-28(36)13-14-30(15-16-37-3)19(17-28)7-8-20-21-9-10-23(29(21,2)12-11-22(20)30)26(35)18-34-25-6-4-5-24(31)27(25)32-33-34/h4-6,19-23,36H,7-18H2,1-3H3/t19-,20+,21+,22+,23-,28-,29+,30-/m1/s1. The van der Waals surface area contributed by atoms with Crippen LogP contribution in [0, 0.1) is 46.2 Å². The molecule has 8 atom stereocenters. The molecule has 1 aromatic carbocycles. The SMILES string of the molecule is COCC[C@]12CC[C@@](C)(O)C[C@H]1CC[C@H]1[C@@H]3CC[C@H](C(=O)Cn4nnc5c(F)cccc54)[C@@]3(C)CC[C@@H]12. The minimum atomic E-state index is -0.545. The second kappa shape index (κ2) is 9.11. The minimum absolute atomic E-state index is 0.00925. The van der Waals surface area contributed by atoms with Gasteiger partial charge in [0.2, 0.25) is 0 Å². The number of fused-ring (bicyclic) bond motifs is 6. The first-order valence-electron chi connectivity index (χ1n) is 14.4. The highest BCUT2D eigenvalue weighted by Crippen LogP contribution is 2.69. The van der Waals surface area contributed by atoms with E-state index in [0.29, 0.717) is 29.2 Å². The molecule has 1 heterocycles. The molecule has 0 bridgehead atoms. The van der Waals surface area contributed by atoms with E-state index in [1.807, 2.05) is 14.0 Å². The van der Waals surface area contributed by atoms with Gasteiger partial charge < -0.3 is 9.84 Å². The van der Waals surface area contributed by atoms with Gasteiger partial charge >= 0.3 is 0 Å². The fourth-order valence-electron chi connectivity index (χ4n) is 9.89. The van der Waals surface area contributed by atoms with Crippen molar-refractivity contribution in [3.05, 3.63) is 24.0 Å². The topological polar surface area (TPSA) is 77.2 Å². The van der Waals surface area contributed by atoms with Gasteiger partial charge in [0.1, 0.15) is 12.1 Å². The Bertz CT molecular complexity index is 1180. The van der Waals surface area contributed by atoms with Gasteiger partial charge in [-0.05, 0) is 118 Å². The molecule has 0 unspecified atom stereocenters. The lowest BCUT2D eigenvalue weighted by molar-refractivity contribution is -0.163. The lowest BCUT2D eigenvalue weighted by Crippen LogP contribution is -2.57. The first-order valence-corrected chi connectivity index (χ1v) is 14.4. The highest BCUT2D eigenvalue weighted by molar-refractivity contribution is 5.84. The van der Waals surface area contributed by atoms with Gasteiger partial charge in [-0.25, -0.2) is 9.07 Å². The van der Waals surface area contributed by atoms with Gasteiger partial charge in [-0.15, -0.1) is 5.10 Å². The summed E-state index contributed by atoms with van der Waals surface area (Å²) in [6, 6.07) is 4.82. The van der Waals surface area contributed by atoms with Crippen LogP contribution < -0.4 is 0 Å². The number of carbonyl (C=O) groups excluding carboxylic acids is 1. The number of methoxy groups -OCH3 is 1. The number of aliphatic hydroxyl groups is 1. The molecule has 7 heteroatoms. The molecule has 4 aliphatic rings. The number of ether oxygens (including phenoxy) is 1. The Hall–Kier alpha value is -1.86. The molecule has 37 heavy (non-hydrogen) atoms. The molecular weight excluding hydrogens is 469 g/mol. The Balaban J connectivity index is 1.24. The molecule has 202 valence electrons. The Morgan fingerprint density at radius 3 is 2.78 bits per heavy atom. The minimum Gasteiger partial charge on any atom is -0.390 e. The average Bonchev–Trinajstić information content (AvgIpc) is 3.44. The molecule has 0 radical (unpaired) electrons. The van der Waals surface area contributed by atoms with Crippen LogP contribution in [0.3, 0.4) is 0 Å². The maximum atomic E-state index is 14.1. The largest absolute Gasteiger partial charge is 0.390 e. The number of aromatic nitrogens is 3. The van der Waals surface area contributed by atoms with Gasteiger partial charge in [0.05, 0.1) is 11.1 Å². The van der Waals surface area contributed by atoms with Crippen molar-refractivity contribution < 1.29 is 19.0 Å². The Labute approximate surface area is 219 Å². The number of benzene rings is 1. The maximum absolute atomic E-state index is 14.1. The molecule has 1 N–H and O–H groups in total. The summed E-state index contributed by atoms with van der Waals surface area (Å²) >= 11 is 0. The van der Waals surface area contributed by atoms with E-state index in [1.54, 1.807) is 16.8 Å². The van der Waals surface area contributed by atoms with Crippen molar-refractivity contribution >= 4 is 16.8 Å². The summed E-state index contributed by atoms with van der Waals surface area (Å²) in [6.45, 7) is 5.35. The quantitative estimate of drug-likeness (QED) is 0.549. The van der Waals surface area contributed by atoms with Crippen LogP contribution in [-0.2, 0) is 16.1 Å². The molecule has 0 spiro atoms. The zero-order chi connectivity index (χ0) is 26.0. The van der Waals surface area contributed by atoms with Gasteiger partial charge in [0.15, 0.2) is 11.6 Å². The first kappa shape index (κ1) is 25.4. The predicted octanol–water partition coefficient (Wildman–Crippen LogP) is 5.57. The Kier molecular flexibility index (Phi) is 6.26. The van der Waals surface area contributed by atoms with Gasteiger partial charge in [0, 0.05) is 19.6 Å². The van der Waals surface area contributed by atoms with Crippen molar-refractivity contribution in [2.45, 2.75) is 90.2 Å². The van der Waals surface area contributed by atoms with Gasteiger partial charge in [-0.2, -0.15) is 0 Å². The van der Waals surface area contributed by atoms with Crippen LogP contribution in [0.2, 0.25) is 0 Å². The summed E-state index contributed by atoms with van der Waals surface area (Å²) in [7, 11) is 1.81. The Morgan fingerprint density at radius 1 is 1.14 bits per heavy atom. The third kappa shape index (κ3) is 3.98. The zero-order valence-corrected chi connectivity index (χ0v) is 22.6. The van der Waals surface area contributed by atoms with Crippen molar-refractivity contribution in [3.63, 3.8) is 0 Å². The highest BCUT2D eigenvalue weighted by Gasteiger charge is 2.62. The molecule has 6 nitrogen and oxygen atoms in total. The van der Waals surface area contributed by atoms with Crippen molar-refractivity contribution in [1.82, 2.24) is 15.0 Å². The van der Waals surface area contributed by atoms with Crippen LogP contribution in [0.15, 0.2) is 18.2 Å². The van der Waals surface area contributed by atoms with Gasteiger partial charge in [-0.3, -0.25) is 4.79 Å². The molecule has 4 aliphatic carbocycles. The maximum Gasteiger partial charge on any atom is 0.157 e. The van der Waals surface area contributed by atoms with Crippen LogP contribution in [-0.4, -0.2) is 45.2 Å². The number of ketones is 1. The van der Waals surface area contributed by atoms with E-state index in [0.717, 1.165) is 51.6 Å². The number of hydrogen-bond acceptors (Lipinski definition) is 5. The summed E-state index contributed by atoms with van der Waals surface area (Å²) in [5.41, 5.74) is 0.541. The van der Waals surface area contributed by atoms with Crippen LogP contribution >= 0.6 is 0 Å². The van der Waals surface area contributed by atoms with Crippen molar-refractivity contribution in [2.75, 3.05) is 13.7 Å². The zero-order valence-electron chi connectivity index (χ0n) is 22.6. The van der Waals surface area contributed by atoms with Crippen molar-refractivity contribution in [2.24, 2.45) is 40.4 Å². The summed E-state index contributed by atoms with van der Waals surface area (Å²) in [6.07, 6.45) is 10.7. The fourth-order valence-corrected chi connectivity index (χ4v) is 9.89. The van der Waals surface area contributed by atoms with E-state index in [2.05, 4.69) is 17.2 Å². The van der Waals surface area contributed by atoms with Crippen molar-refractivity contribution in [3.8, 4) is 0 Å². The number of hydrogen-bond donors (Lipinski definition) is 1. The van der Waals surface area contributed by atoms with Crippen LogP contribution in [0.5, 0.6) is 0 Å². The molecule has 0 saturated heterocycles. The normalized spacial score (nSPS) is 41.3. The third-order valence-corrected chi connectivity index (χ3v) is 11.6. The predicted molar refractivity (Wildman–Crippen MR) is 139 cm³/mol. The second-order valence-electron chi connectivity index (χ2n) is 13.3. The number of carbonyl (C=O) groups is 1. The summed E-state index contributed by atoms with van der Waals surface area (Å²) < 4.78 is 21.3. The monoisotopic (exact) mass is 511 g/mol. The van der Waals surface area contributed by atoms with Crippen LogP contribution in [0.4, 0.5) is 4.39 Å². The first-order chi connectivity index (χ1) is 17.7. The molecular formula is C30H42FN3O3. The molecule has 4 fully saturated rings. The molecule has 0 aliphatic heterocycles. The number of nitrogens with zero attached hydrogens (tertiary/aromatic N) is 3. The number of Topliss-reactive ketones (excluding diaryl/α,β-unsaturated/α-hetero) is 1. The summed E-state index contributed by atoms with van der Waals surface area (Å²) in [5, 5.41) is 19.0. The van der Waals surface area contributed by atoms with E-state index in [1.165, 1.54) is 25.3 Å². The smallest absolute Gasteiger partial charge is 0.157 e. The van der Waals surface area contributed by atoms with E-state index in [-0.39, 0.29) is 34.6 Å². The number of halogens is 1. The van der Waals surface area contributed by atoms with E-state index in [9.17, 15) is 14.3 Å². The Morgan fingerprint density at radius 2 is 1.97 bits per heavy atom. The van der Waals surface area contributed by atoms with Crippen LogP contribution in [0.25, 0.3) is 11.0 Å². The molecule has 1 aromatic heterocycles. The number of rotatable bonds is 6. The lowest BCUT2D eigenvalue weighted by Gasteiger charge is -2.63.